The van der Waals surface area contributed by atoms with E-state index in [1.54, 1.807) is 13.8 Å². The van der Waals surface area contributed by atoms with E-state index in [4.69, 9.17) is 9.47 Å². The molecule has 0 amide bonds. The van der Waals surface area contributed by atoms with Gasteiger partial charge in [0.2, 0.25) is 0 Å². The Morgan fingerprint density at radius 2 is 1.91 bits per heavy atom. The van der Waals surface area contributed by atoms with Crippen LogP contribution in [0.4, 0.5) is 5.69 Å². The molecule has 124 valence electrons. The SMILES string of the molecule is CCOC(=O)C1=NNC(CNc2ccccc2)(C(=O)OCC)C1. The predicted molar refractivity (Wildman–Crippen MR) is 86.1 cm³/mol. The van der Waals surface area contributed by atoms with Gasteiger partial charge in [0.15, 0.2) is 5.54 Å². The van der Waals surface area contributed by atoms with Gasteiger partial charge >= 0.3 is 11.9 Å². The third-order valence-electron chi connectivity index (χ3n) is 3.42. The van der Waals surface area contributed by atoms with Gasteiger partial charge in [0.25, 0.3) is 0 Å². The number of rotatable bonds is 7. The van der Waals surface area contributed by atoms with Gasteiger partial charge in [-0.3, -0.25) is 5.43 Å². The van der Waals surface area contributed by atoms with Crippen LogP contribution in [0.1, 0.15) is 20.3 Å². The highest BCUT2D eigenvalue weighted by Crippen LogP contribution is 2.21. The maximum atomic E-state index is 12.4. The Kier molecular flexibility index (Phi) is 5.56. The number of hydrogen-bond acceptors (Lipinski definition) is 7. The van der Waals surface area contributed by atoms with Crippen LogP contribution < -0.4 is 10.7 Å². The van der Waals surface area contributed by atoms with E-state index in [-0.39, 0.29) is 31.9 Å². The van der Waals surface area contributed by atoms with Crippen LogP contribution in [0.25, 0.3) is 0 Å². The Balaban J connectivity index is 2.09. The molecule has 2 rings (SSSR count). The fraction of sp³-hybridized carbons (Fsp3) is 0.438. The monoisotopic (exact) mass is 319 g/mol. The quantitative estimate of drug-likeness (QED) is 0.737. The lowest BCUT2D eigenvalue weighted by Crippen LogP contribution is -2.53. The van der Waals surface area contributed by atoms with Gasteiger partial charge in [-0.1, -0.05) is 18.2 Å². The Morgan fingerprint density at radius 1 is 1.22 bits per heavy atom. The van der Waals surface area contributed by atoms with Gasteiger partial charge in [0, 0.05) is 12.1 Å². The first-order valence-electron chi connectivity index (χ1n) is 7.58. The van der Waals surface area contributed by atoms with Crippen LogP contribution in [0.2, 0.25) is 0 Å². The maximum Gasteiger partial charge on any atom is 0.354 e. The minimum Gasteiger partial charge on any atom is -0.464 e. The zero-order valence-electron chi connectivity index (χ0n) is 13.3. The smallest absolute Gasteiger partial charge is 0.354 e. The molecular weight excluding hydrogens is 298 g/mol. The summed E-state index contributed by atoms with van der Waals surface area (Å²) < 4.78 is 10.1. The van der Waals surface area contributed by atoms with Crippen LogP contribution in [0.5, 0.6) is 0 Å². The zero-order chi connectivity index (χ0) is 16.7. The Hall–Kier alpha value is -2.57. The molecule has 0 spiro atoms. The van der Waals surface area contributed by atoms with Crippen LogP contribution in [0.15, 0.2) is 35.4 Å². The van der Waals surface area contributed by atoms with Gasteiger partial charge in [-0.2, -0.15) is 5.10 Å². The molecule has 0 bridgehead atoms. The number of nitrogens with zero attached hydrogens (tertiary/aromatic N) is 1. The standard InChI is InChI=1S/C16H21N3O4/c1-3-22-14(20)13-10-16(19-18-13,15(21)23-4-2)11-17-12-8-6-5-7-9-12/h5-9,17,19H,3-4,10-11H2,1-2H3. The average molecular weight is 319 g/mol. The summed E-state index contributed by atoms with van der Waals surface area (Å²) in [5, 5.41) is 7.14. The first kappa shape index (κ1) is 16.8. The number of ether oxygens (including phenoxy) is 2. The molecule has 0 saturated carbocycles. The van der Waals surface area contributed by atoms with Crippen molar-refractivity contribution >= 4 is 23.3 Å². The van der Waals surface area contributed by atoms with Crippen molar-refractivity contribution in [3.05, 3.63) is 30.3 Å². The summed E-state index contributed by atoms with van der Waals surface area (Å²) in [5.74, 6) is -0.975. The number of hydrazone groups is 1. The van der Waals surface area contributed by atoms with Crippen LogP contribution in [-0.4, -0.2) is 42.9 Å². The van der Waals surface area contributed by atoms with Gasteiger partial charge in [-0.05, 0) is 26.0 Å². The summed E-state index contributed by atoms with van der Waals surface area (Å²) in [4.78, 5) is 24.2. The van der Waals surface area contributed by atoms with Crippen LogP contribution >= 0.6 is 0 Å². The second kappa shape index (κ2) is 7.62. The highest BCUT2D eigenvalue weighted by atomic mass is 16.5. The summed E-state index contributed by atoms with van der Waals surface area (Å²) >= 11 is 0. The minimum atomic E-state index is -1.12. The van der Waals surface area contributed by atoms with Crippen molar-refractivity contribution in [1.29, 1.82) is 0 Å². The van der Waals surface area contributed by atoms with Gasteiger partial charge in [0.05, 0.1) is 19.8 Å². The average Bonchev–Trinajstić information content (AvgIpc) is 3.00. The number of hydrogen-bond donors (Lipinski definition) is 2. The van der Waals surface area contributed by atoms with E-state index in [9.17, 15) is 9.59 Å². The van der Waals surface area contributed by atoms with Gasteiger partial charge in [-0.15, -0.1) is 0 Å². The zero-order valence-corrected chi connectivity index (χ0v) is 13.3. The van der Waals surface area contributed by atoms with Crippen molar-refractivity contribution in [3.63, 3.8) is 0 Å². The van der Waals surface area contributed by atoms with E-state index in [1.165, 1.54) is 0 Å². The van der Waals surface area contributed by atoms with Crippen LogP contribution in [0.3, 0.4) is 0 Å². The minimum absolute atomic E-state index is 0.116. The molecule has 23 heavy (non-hydrogen) atoms. The summed E-state index contributed by atoms with van der Waals surface area (Å²) in [5.41, 5.74) is 2.70. The maximum absolute atomic E-state index is 12.4. The van der Waals surface area contributed by atoms with Crippen LogP contribution in [0, 0.1) is 0 Å². The van der Waals surface area contributed by atoms with E-state index >= 15 is 0 Å². The number of carbonyl (C=O) groups excluding carboxylic acids is 2. The molecule has 1 aromatic rings. The molecule has 0 aromatic heterocycles. The number of nitrogens with one attached hydrogen (secondary N) is 2. The molecule has 7 nitrogen and oxygen atoms in total. The molecule has 1 atom stereocenters. The lowest BCUT2D eigenvalue weighted by atomic mass is 9.94. The Morgan fingerprint density at radius 3 is 2.57 bits per heavy atom. The summed E-state index contributed by atoms with van der Waals surface area (Å²) in [6.07, 6.45) is 0.116. The number of anilines is 1. The van der Waals surface area contributed by atoms with Crippen molar-refractivity contribution in [2.75, 3.05) is 25.1 Å². The summed E-state index contributed by atoms with van der Waals surface area (Å²) in [7, 11) is 0. The van der Waals surface area contributed by atoms with Crippen molar-refractivity contribution in [3.8, 4) is 0 Å². The molecule has 1 aliphatic rings. The highest BCUT2D eigenvalue weighted by molar-refractivity contribution is 6.37. The largest absolute Gasteiger partial charge is 0.464 e. The topological polar surface area (TPSA) is 89.0 Å². The molecule has 7 heteroatoms. The van der Waals surface area contributed by atoms with E-state index < -0.39 is 17.5 Å². The van der Waals surface area contributed by atoms with E-state index in [1.807, 2.05) is 30.3 Å². The number of benzene rings is 1. The predicted octanol–water partition coefficient (Wildman–Crippen LogP) is 1.31. The molecule has 0 aliphatic carbocycles. The third-order valence-corrected chi connectivity index (χ3v) is 3.42. The van der Waals surface area contributed by atoms with Crippen molar-refractivity contribution in [2.45, 2.75) is 25.8 Å². The lowest BCUT2D eigenvalue weighted by Gasteiger charge is -2.27. The van der Waals surface area contributed by atoms with Crippen molar-refractivity contribution in [2.24, 2.45) is 5.10 Å². The Labute approximate surface area is 135 Å². The first-order chi connectivity index (χ1) is 11.1. The molecule has 1 aromatic carbocycles. The molecule has 1 heterocycles. The molecule has 2 N–H and O–H groups in total. The molecule has 0 radical (unpaired) electrons. The van der Waals surface area contributed by atoms with Crippen molar-refractivity contribution < 1.29 is 19.1 Å². The lowest BCUT2D eigenvalue weighted by molar-refractivity contribution is -0.150. The van der Waals surface area contributed by atoms with Gasteiger partial charge in [0.1, 0.15) is 5.71 Å². The second-order valence-electron chi connectivity index (χ2n) is 5.09. The number of esters is 2. The second-order valence-corrected chi connectivity index (χ2v) is 5.09. The third kappa shape index (κ3) is 4.00. The van der Waals surface area contributed by atoms with E-state index in [0.29, 0.717) is 0 Å². The summed E-state index contributed by atoms with van der Waals surface area (Å²) in [6, 6.07) is 9.47. The van der Waals surface area contributed by atoms with E-state index in [0.717, 1.165) is 5.69 Å². The fourth-order valence-electron chi connectivity index (χ4n) is 2.24. The highest BCUT2D eigenvalue weighted by Gasteiger charge is 2.46. The normalized spacial score (nSPS) is 19.5. The molecule has 0 fully saturated rings. The van der Waals surface area contributed by atoms with Gasteiger partial charge < -0.3 is 14.8 Å². The summed E-state index contributed by atoms with van der Waals surface area (Å²) in [6.45, 7) is 4.20. The number of carbonyl (C=O) groups is 2. The molecular formula is C16H21N3O4. The van der Waals surface area contributed by atoms with Crippen molar-refractivity contribution in [1.82, 2.24) is 5.43 Å². The molecule has 1 unspecified atom stereocenters. The molecule has 1 aliphatic heterocycles. The number of para-hydroxylation sites is 1. The van der Waals surface area contributed by atoms with E-state index in [2.05, 4.69) is 15.8 Å². The fourth-order valence-corrected chi connectivity index (χ4v) is 2.24. The van der Waals surface area contributed by atoms with Gasteiger partial charge in [-0.25, -0.2) is 9.59 Å². The Bertz CT molecular complexity index is 588. The molecule has 0 saturated heterocycles. The van der Waals surface area contributed by atoms with Crippen LogP contribution in [-0.2, 0) is 19.1 Å². The first-order valence-corrected chi connectivity index (χ1v) is 7.58.